The maximum atomic E-state index is 4.31. The molecule has 0 aromatic carbocycles. The van der Waals surface area contributed by atoms with Crippen molar-refractivity contribution in [3.63, 3.8) is 0 Å². The number of imidazole rings is 1. The van der Waals surface area contributed by atoms with Crippen LogP contribution in [0, 0.1) is 0 Å². The van der Waals surface area contributed by atoms with Crippen LogP contribution < -0.4 is 5.32 Å². The van der Waals surface area contributed by atoms with Gasteiger partial charge in [0.2, 0.25) is 0 Å². The number of rotatable bonds is 5. The van der Waals surface area contributed by atoms with Crippen LogP contribution in [0.2, 0.25) is 0 Å². The van der Waals surface area contributed by atoms with Gasteiger partial charge in [-0.3, -0.25) is 0 Å². The van der Waals surface area contributed by atoms with Crippen molar-refractivity contribution >= 4 is 39.4 Å². The summed E-state index contributed by atoms with van der Waals surface area (Å²) in [6.07, 6.45) is 5.09. The topological polar surface area (TPSA) is 79.4 Å². The van der Waals surface area contributed by atoms with Gasteiger partial charge in [-0.15, -0.1) is 11.3 Å². The summed E-state index contributed by atoms with van der Waals surface area (Å²) in [7, 11) is 0. The molecule has 0 bridgehead atoms. The third-order valence-electron chi connectivity index (χ3n) is 2.42. The van der Waals surface area contributed by atoms with Gasteiger partial charge in [-0.1, -0.05) is 11.8 Å². The Morgan fingerprint density at radius 3 is 3.16 bits per heavy atom. The highest BCUT2D eigenvalue weighted by atomic mass is 32.2. The first-order valence-corrected chi connectivity index (χ1v) is 7.62. The monoisotopic (exact) mass is 292 g/mol. The molecule has 0 atom stereocenters. The van der Waals surface area contributed by atoms with Crippen LogP contribution in [0.1, 0.15) is 11.8 Å². The van der Waals surface area contributed by atoms with Gasteiger partial charge in [0.15, 0.2) is 10.8 Å². The fraction of sp³-hybridized carbons (Fsp3) is 0.273. The van der Waals surface area contributed by atoms with Crippen molar-refractivity contribution in [2.45, 2.75) is 17.7 Å². The summed E-state index contributed by atoms with van der Waals surface area (Å²) in [5, 5.41) is 5.09. The minimum absolute atomic E-state index is 0.704. The molecule has 0 aliphatic carbocycles. The third kappa shape index (κ3) is 2.69. The average molecular weight is 292 g/mol. The Balaban J connectivity index is 1.73. The lowest BCUT2D eigenvalue weighted by molar-refractivity contribution is 1.08. The Bertz CT molecular complexity index is 676. The van der Waals surface area contributed by atoms with Gasteiger partial charge < -0.3 is 10.3 Å². The number of hydrogen-bond acceptors (Lipinski definition) is 7. The molecule has 0 saturated carbocycles. The van der Waals surface area contributed by atoms with E-state index in [9.17, 15) is 0 Å². The van der Waals surface area contributed by atoms with Crippen LogP contribution in [0.3, 0.4) is 0 Å². The predicted octanol–water partition coefficient (Wildman–Crippen LogP) is 2.53. The summed E-state index contributed by atoms with van der Waals surface area (Å²) < 4.78 is 0. The second-order valence-electron chi connectivity index (χ2n) is 3.73. The molecule has 6 nitrogen and oxygen atoms in total. The summed E-state index contributed by atoms with van der Waals surface area (Å²) in [6.45, 7) is 2.95. The van der Waals surface area contributed by atoms with Gasteiger partial charge in [0.25, 0.3) is 0 Å². The summed E-state index contributed by atoms with van der Waals surface area (Å²) in [5.41, 5.74) is 1.60. The van der Waals surface area contributed by atoms with Crippen molar-refractivity contribution in [1.29, 1.82) is 0 Å². The first-order valence-electron chi connectivity index (χ1n) is 5.82. The number of thiazole rings is 1. The van der Waals surface area contributed by atoms with E-state index in [2.05, 4.69) is 37.2 Å². The normalized spacial score (nSPS) is 11.0. The number of H-pyrrole nitrogens is 1. The van der Waals surface area contributed by atoms with Crippen LogP contribution in [0.4, 0.5) is 5.13 Å². The van der Waals surface area contributed by atoms with Crippen molar-refractivity contribution in [2.24, 2.45) is 0 Å². The highest BCUT2D eigenvalue weighted by molar-refractivity contribution is 7.98. The van der Waals surface area contributed by atoms with Crippen molar-refractivity contribution in [3.8, 4) is 0 Å². The SMILES string of the molecule is CCNc1ncc(CSc2ncnc3nc[nH]c23)s1. The van der Waals surface area contributed by atoms with Gasteiger partial charge in [-0.2, -0.15) is 0 Å². The summed E-state index contributed by atoms with van der Waals surface area (Å²) >= 11 is 3.33. The standard InChI is InChI=1S/C11H12N6S2/c1-2-12-11-13-3-7(19-11)4-18-10-8-9(15-5-14-8)16-6-17-10/h3,5-6H,2,4H2,1H3,(H,12,13)(H,14,15,16,17). The molecule has 0 fully saturated rings. The molecular weight excluding hydrogens is 280 g/mol. The molecular formula is C11H12N6S2. The minimum atomic E-state index is 0.704. The first-order chi connectivity index (χ1) is 9.36. The number of hydrogen-bond donors (Lipinski definition) is 2. The van der Waals surface area contributed by atoms with Crippen LogP contribution in [0.15, 0.2) is 23.9 Å². The van der Waals surface area contributed by atoms with Crippen LogP contribution in [-0.4, -0.2) is 31.5 Å². The van der Waals surface area contributed by atoms with E-state index < -0.39 is 0 Å². The quantitative estimate of drug-likeness (QED) is 0.555. The predicted molar refractivity (Wildman–Crippen MR) is 77.5 cm³/mol. The Morgan fingerprint density at radius 2 is 2.26 bits per heavy atom. The number of thioether (sulfide) groups is 1. The van der Waals surface area contributed by atoms with Crippen LogP contribution in [-0.2, 0) is 5.75 Å². The Kier molecular flexibility index (Phi) is 3.60. The first kappa shape index (κ1) is 12.4. The zero-order valence-corrected chi connectivity index (χ0v) is 11.9. The van der Waals surface area contributed by atoms with Crippen molar-refractivity contribution in [3.05, 3.63) is 23.7 Å². The zero-order chi connectivity index (χ0) is 13.1. The zero-order valence-electron chi connectivity index (χ0n) is 10.3. The van der Waals surface area contributed by atoms with Crippen molar-refractivity contribution < 1.29 is 0 Å². The van der Waals surface area contributed by atoms with Crippen LogP contribution in [0.5, 0.6) is 0 Å². The van der Waals surface area contributed by atoms with Gasteiger partial charge in [0.1, 0.15) is 16.9 Å². The molecule has 0 spiro atoms. The Morgan fingerprint density at radius 1 is 1.32 bits per heavy atom. The van der Waals surface area contributed by atoms with E-state index in [-0.39, 0.29) is 0 Å². The van der Waals surface area contributed by atoms with Crippen LogP contribution >= 0.6 is 23.1 Å². The summed E-state index contributed by atoms with van der Waals surface area (Å²) in [4.78, 5) is 21.1. The highest BCUT2D eigenvalue weighted by Gasteiger charge is 2.08. The molecule has 3 rings (SSSR count). The minimum Gasteiger partial charge on any atom is -0.362 e. The number of anilines is 1. The molecule has 98 valence electrons. The average Bonchev–Trinajstić information content (AvgIpc) is 3.05. The molecule has 8 heteroatoms. The summed E-state index contributed by atoms with van der Waals surface area (Å²) in [6, 6.07) is 0. The molecule has 0 aliphatic heterocycles. The van der Waals surface area contributed by atoms with E-state index in [4.69, 9.17) is 0 Å². The number of aromatic nitrogens is 5. The molecule has 3 aromatic rings. The molecule has 0 aliphatic rings. The van der Waals surface area contributed by atoms with E-state index in [0.717, 1.165) is 28.0 Å². The maximum absolute atomic E-state index is 4.31. The molecule has 0 unspecified atom stereocenters. The van der Waals surface area contributed by atoms with E-state index in [1.54, 1.807) is 35.8 Å². The Labute approximate surface area is 118 Å². The molecule has 3 aromatic heterocycles. The molecule has 0 radical (unpaired) electrons. The number of aromatic amines is 1. The van der Waals surface area contributed by atoms with Gasteiger partial charge in [-0.25, -0.2) is 19.9 Å². The molecule has 0 amide bonds. The number of nitrogens with one attached hydrogen (secondary N) is 2. The second kappa shape index (κ2) is 5.54. The largest absolute Gasteiger partial charge is 0.362 e. The highest BCUT2D eigenvalue weighted by Crippen LogP contribution is 2.28. The van der Waals surface area contributed by atoms with Gasteiger partial charge in [-0.05, 0) is 6.92 Å². The Hall–Kier alpha value is -1.67. The fourth-order valence-corrected chi connectivity index (χ4v) is 3.46. The maximum Gasteiger partial charge on any atom is 0.182 e. The molecule has 19 heavy (non-hydrogen) atoms. The molecule has 3 heterocycles. The second-order valence-corrected chi connectivity index (χ2v) is 5.81. The molecule has 2 N–H and O–H groups in total. The lowest BCUT2D eigenvalue weighted by Gasteiger charge is -1.99. The van der Waals surface area contributed by atoms with Crippen molar-refractivity contribution in [1.82, 2.24) is 24.9 Å². The lowest BCUT2D eigenvalue weighted by Crippen LogP contribution is -1.94. The van der Waals surface area contributed by atoms with E-state index in [1.165, 1.54) is 4.88 Å². The number of fused-ring (bicyclic) bond motifs is 1. The van der Waals surface area contributed by atoms with Crippen molar-refractivity contribution in [2.75, 3.05) is 11.9 Å². The summed E-state index contributed by atoms with van der Waals surface area (Å²) in [5.74, 6) is 0.841. The van der Waals surface area contributed by atoms with Gasteiger partial charge in [0.05, 0.1) is 6.33 Å². The number of nitrogens with zero attached hydrogens (tertiary/aromatic N) is 4. The van der Waals surface area contributed by atoms with Gasteiger partial charge in [0, 0.05) is 23.4 Å². The lowest BCUT2D eigenvalue weighted by atomic mass is 10.6. The third-order valence-corrected chi connectivity index (χ3v) is 4.60. The van der Waals surface area contributed by atoms with E-state index >= 15 is 0 Å². The van der Waals surface area contributed by atoms with Gasteiger partial charge >= 0.3 is 0 Å². The van der Waals surface area contributed by atoms with E-state index in [1.807, 2.05) is 6.20 Å². The molecule has 0 saturated heterocycles. The smallest absolute Gasteiger partial charge is 0.182 e. The van der Waals surface area contributed by atoms with E-state index in [0.29, 0.717) is 5.65 Å². The van der Waals surface area contributed by atoms with Crippen LogP contribution in [0.25, 0.3) is 11.2 Å². The fourth-order valence-electron chi connectivity index (χ4n) is 1.60.